The Morgan fingerprint density at radius 2 is 1.73 bits per heavy atom. The molecule has 2 aliphatic carbocycles. The van der Waals surface area contributed by atoms with Crippen molar-refractivity contribution in [2.45, 2.75) is 64.2 Å². The van der Waals surface area contributed by atoms with Gasteiger partial charge in [-0.25, -0.2) is 4.39 Å². The number of ketones is 1. The van der Waals surface area contributed by atoms with Gasteiger partial charge in [0.2, 0.25) is 5.78 Å². The van der Waals surface area contributed by atoms with Crippen molar-refractivity contribution in [2.24, 2.45) is 17.8 Å². The second-order valence-electron chi connectivity index (χ2n) is 12.7. The van der Waals surface area contributed by atoms with Crippen molar-refractivity contribution >= 4 is 29.7 Å². The molecule has 2 saturated carbocycles. The minimum absolute atomic E-state index is 0.0447. The molecule has 0 aromatic heterocycles. The van der Waals surface area contributed by atoms with Gasteiger partial charge in [-0.15, -0.1) is 0 Å². The molecule has 0 bridgehead atoms. The highest BCUT2D eigenvalue weighted by molar-refractivity contribution is 6.28. The van der Waals surface area contributed by atoms with Gasteiger partial charge in [0.1, 0.15) is 11.6 Å². The molecule has 1 heterocycles. The first kappa shape index (κ1) is 30.0. The van der Waals surface area contributed by atoms with Gasteiger partial charge in [-0.05, 0) is 85.9 Å². The van der Waals surface area contributed by atoms with Gasteiger partial charge >= 0.3 is 0 Å². The van der Waals surface area contributed by atoms with Crippen molar-refractivity contribution in [3.8, 4) is 16.9 Å². The summed E-state index contributed by atoms with van der Waals surface area (Å²) < 4.78 is 20.9. The number of aldehydes is 2. The fraction of sp³-hybridized carbons (Fsp3) is 0.395. The van der Waals surface area contributed by atoms with E-state index in [1.807, 2.05) is 36.4 Å². The van der Waals surface area contributed by atoms with E-state index in [2.05, 4.69) is 24.0 Å². The number of Topliss-reactive ketones (excluding diaryl/α,β-unsaturated/α-hetero) is 1. The first-order chi connectivity index (χ1) is 21.5. The number of halogens is 1. The summed E-state index contributed by atoms with van der Waals surface area (Å²) in [4.78, 5) is 39.5. The Kier molecular flexibility index (Phi) is 9.06. The number of anilines is 2. The SMILES string of the molecule is C/C1=C\C(C(=O)C=O)c2cc(-c3ccc(F)c(C=O)c3)c(OCC3CCC3)cc2N(c2ccccc2)CC1C1CCCCC1. The van der Waals surface area contributed by atoms with E-state index in [1.165, 1.54) is 37.8 Å². The second-order valence-corrected chi connectivity index (χ2v) is 12.7. The highest BCUT2D eigenvalue weighted by atomic mass is 19.1. The summed E-state index contributed by atoms with van der Waals surface area (Å²) in [6.45, 7) is 3.39. The lowest BCUT2D eigenvalue weighted by molar-refractivity contribution is -0.130. The quantitative estimate of drug-likeness (QED) is 0.141. The van der Waals surface area contributed by atoms with E-state index in [-0.39, 0.29) is 11.5 Å². The van der Waals surface area contributed by atoms with Crippen LogP contribution in [0.25, 0.3) is 11.1 Å². The van der Waals surface area contributed by atoms with E-state index < -0.39 is 17.5 Å². The third-order valence-corrected chi connectivity index (χ3v) is 9.99. The molecule has 2 fully saturated rings. The van der Waals surface area contributed by atoms with Gasteiger partial charge in [-0.3, -0.25) is 14.4 Å². The van der Waals surface area contributed by atoms with Crippen LogP contribution in [0.4, 0.5) is 15.8 Å². The molecule has 0 radical (unpaired) electrons. The van der Waals surface area contributed by atoms with Gasteiger partial charge in [0, 0.05) is 35.5 Å². The summed E-state index contributed by atoms with van der Waals surface area (Å²) in [5, 5.41) is 0. The molecule has 44 heavy (non-hydrogen) atoms. The number of hydrogen-bond acceptors (Lipinski definition) is 5. The lowest BCUT2D eigenvalue weighted by Crippen LogP contribution is -2.34. The van der Waals surface area contributed by atoms with Crippen molar-refractivity contribution in [2.75, 3.05) is 18.1 Å². The largest absolute Gasteiger partial charge is 0.493 e. The minimum atomic E-state index is -0.787. The van der Waals surface area contributed by atoms with E-state index in [1.54, 1.807) is 6.07 Å². The highest BCUT2D eigenvalue weighted by Gasteiger charge is 2.34. The van der Waals surface area contributed by atoms with Crippen molar-refractivity contribution in [3.05, 3.63) is 89.3 Å². The van der Waals surface area contributed by atoms with E-state index in [9.17, 15) is 18.8 Å². The standard InChI is InChI=1S/C38H40FNO4/c1-25-17-33(37(43)23-42)32-19-31(28-15-16-35(39)29(18-28)22-41)38(44-24-26-9-8-10-26)20-36(32)40(30-13-6-3-7-14-30)21-34(25)27-11-4-2-5-12-27/h3,6-7,13-20,22-23,26-27,33-34H,2,4-5,8-12,21,24H2,1H3/b25-17+. The highest BCUT2D eigenvalue weighted by Crippen LogP contribution is 2.47. The Balaban J connectivity index is 1.57. The van der Waals surface area contributed by atoms with Crippen molar-refractivity contribution in [3.63, 3.8) is 0 Å². The predicted molar refractivity (Wildman–Crippen MR) is 171 cm³/mol. The van der Waals surface area contributed by atoms with Crippen LogP contribution < -0.4 is 9.64 Å². The third kappa shape index (κ3) is 6.12. The number of rotatable bonds is 9. The number of nitrogens with zero attached hydrogens (tertiary/aromatic N) is 1. The van der Waals surface area contributed by atoms with E-state index in [0.717, 1.165) is 49.2 Å². The number of carbonyl (C=O) groups excluding carboxylic acids is 3. The van der Waals surface area contributed by atoms with Gasteiger partial charge in [-0.2, -0.15) is 0 Å². The Bertz CT molecular complexity index is 1550. The molecule has 3 aromatic rings. The molecule has 2 unspecified atom stereocenters. The Labute approximate surface area is 259 Å². The fourth-order valence-corrected chi connectivity index (χ4v) is 7.22. The molecule has 3 aliphatic rings. The number of fused-ring (bicyclic) bond motifs is 1. The topological polar surface area (TPSA) is 63.7 Å². The summed E-state index contributed by atoms with van der Waals surface area (Å²) in [5.74, 6) is -0.0859. The van der Waals surface area contributed by atoms with Crippen LogP contribution in [0.2, 0.25) is 0 Å². The zero-order valence-electron chi connectivity index (χ0n) is 25.3. The summed E-state index contributed by atoms with van der Waals surface area (Å²) >= 11 is 0. The van der Waals surface area contributed by atoms with Crippen LogP contribution in [0, 0.1) is 23.6 Å². The average molecular weight is 594 g/mol. The number of ether oxygens (including phenoxy) is 1. The van der Waals surface area contributed by atoms with Gasteiger partial charge in [0.15, 0.2) is 12.6 Å². The summed E-state index contributed by atoms with van der Waals surface area (Å²) in [5.41, 5.74) is 4.88. The molecule has 5 nitrogen and oxygen atoms in total. The lowest BCUT2D eigenvalue weighted by Gasteiger charge is -2.39. The molecule has 0 spiro atoms. The van der Waals surface area contributed by atoms with Crippen LogP contribution in [0.3, 0.4) is 0 Å². The first-order valence-electron chi connectivity index (χ1n) is 16.0. The molecular weight excluding hydrogens is 553 g/mol. The van der Waals surface area contributed by atoms with Crippen molar-refractivity contribution < 1.29 is 23.5 Å². The molecule has 0 N–H and O–H groups in total. The summed E-state index contributed by atoms with van der Waals surface area (Å²) in [6, 6.07) is 18.5. The van der Waals surface area contributed by atoms with Crippen LogP contribution >= 0.6 is 0 Å². The van der Waals surface area contributed by atoms with Crippen molar-refractivity contribution in [1.82, 2.24) is 0 Å². The molecule has 1 aliphatic heterocycles. The smallest absolute Gasteiger partial charge is 0.206 e. The number of hydrogen-bond donors (Lipinski definition) is 0. The van der Waals surface area contributed by atoms with Crippen LogP contribution in [-0.4, -0.2) is 31.5 Å². The Hall–Kier alpha value is -4.06. The average Bonchev–Trinajstić information content (AvgIpc) is 3.03. The van der Waals surface area contributed by atoms with E-state index in [4.69, 9.17) is 4.74 Å². The van der Waals surface area contributed by atoms with E-state index >= 15 is 0 Å². The predicted octanol–water partition coefficient (Wildman–Crippen LogP) is 8.63. The van der Waals surface area contributed by atoms with Gasteiger partial charge in [-0.1, -0.05) is 61.6 Å². The molecule has 0 saturated heterocycles. The maximum Gasteiger partial charge on any atom is 0.206 e. The Morgan fingerprint density at radius 3 is 2.41 bits per heavy atom. The lowest BCUT2D eigenvalue weighted by atomic mass is 9.74. The van der Waals surface area contributed by atoms with Crippen LogP contribution in [0.15, 0.2) is 72.3 Å². The maximum atomic E-state index is 14.4. The number of para-hydroxylation sites is 1. The van der Waals surface area contributed by atoms with Crippen LogP contribution in [0.5, 0.6) is 5.75 Å². The van der Waals surface area contributed by atoms with E-state index in [0.29, 0.717) is 53.5 Å². The van der Waals surface area contributed by atoms with Gasteiger partial charge in [0.25, 0.3) is 0 Å². The molecule has 0 amide bonds. The molecule has 6 rings (SSSR count). The van der Waals surface area contributed by atoms with Crippen LogP contribution in [-0.2, 0) is 9.59 Å². The first-order valence-corrected chi connectivity index (χ1v) is 16.0. The monoisotopic (exact) mass is 593 g/mol. The van der Waals surface area contributed by atoms with Gasteiger partial charge < -0.3 is 9.64 Å². The fourth-order valence-electron chi connectivity index (χ4n) is 7.22. The van der Waals surface area contributed by atoms with Crippen LogP contribution in [0.1, 0.15) is 80.1 Å². The van der Waals surface area contributed by atoms with Gasteiger partial charge in [0.05, 0.1) is 18.1 Å². The molecular formula is C38H40FNO4. The molecule has 6 heteroatoms. The molecule has 228 valence electrons. The number of carbonyl (C=O) groups is 3. The normalized spacial score (nSPS) is 22.0. The zero-order valence-corrected chi connectivity index (χ0v) is 25.3. The third-order valence-electron chi connectivity index (χ3n) is 9.99. The molecule has 3 aromatic carbocycles. The molecule has 2 atom stereocenters. The Morgan fingerprint density at radius 1 is 0.955 bits per heavy atom. The second kappa shape index (κ2) is 13.3. The number of allylic oxidation sites excluding steroid dienone is 1. The zero-order chi connectivity index (χ0) is 30.6. The van der Waals surface area contributed by atoms with Crippen molar-refractivity contribution in [1.29, 1.82) is 0 Å². The summed E-state index contributed by atoms with van der Waals surface area (Å²) in [6.07, 6.45) is 12.3. The maximum absolute atomic E-state index is 14.4. The number of benzene rings is 3. The minimum Gasteiger partial charge on any atom is -0.493 e. The summed E-state index contributed by atoms with van der Waals surface area (Å²) in [7, 11) is 0.